The molecule has 1 unspecified atom stereocenters. The minimum absolute atomic E-state index is 0.0991. The lowest BCUT2D eigenvalue weighted by molar-refractivity contribution is -0.384. The lowest BCUT2D eigenvalue weighted by Crippen LogP contribution is -2.38. The maximum Gasteiger partial charge on any atom is 0.319 e. The van der Waals surface area contributed by atoms with E-state index >= 15 is 0 Å². The molecule has 0 heterocycles. The zero-order valence-corrected chi connectivity index (χ0v) is 9.21. The first kappa shape index (κ1) is 12.9. The Morgan fingerprint density at radius 3 is 2.88 bits per heavy atom. The molecule has 7 nitrogen and oxygen atoms in total. The molecule has 2 amide bonds. The normalized spacial score (nSPS) is 11.6. The highest BCUT2D eigenvalue weighted by Gasteiger charge is 2.09. The van der Waals surface area contributed by atoms with Crippen molar-refractivity contribution in [2.75, 3.05) is 11.9 Å². The molecule has 0 aliphatic rings. The van der Waals surface area contributed by atoms with E-state index in [4.69, 9.17) is 5.11 Å². The van der Waals surface area contributed by atoms with Crippen molar-refractivity contribution in [1.29, 1.82) is 0 Å². The molecule has 0 aliphatic heterocycles. The van der Waals surface area contributed by atoms with Crippen LogP contribution < -0.4 is 10.6 Å². The summed E-state index contributed by atoms with van der Waals surface area (Å²) in [7, 11) is 0. The Morgan fingerprint density at radius 2 is 2.29 bits per heavy atom. The van der Waals surface area contributed by atoms with Gasteiger partial charge in [-0.05, 0) is 13.0 Å². The smallest absolute Gasteiger partial charge is 0.319 e. The summed E-state index contributed by atoms with van der Waals surface area (Å²) in [6, 6.07) is 4.70. The minimum Gasteiger partial charge on any atom is -0.394 e. The summed E-state index contributed by atoms with van der Waals surface area (Å²) in [6.45, 7) is 1.45. The summed E-state index contributed by atoms with van der Waals surface area (Å²) < 4.78 is 0. The van der Waals surface area contributed by atoms with Gasteiger partial charge in [0.25, 0.3) is 5.69 Å². The topological polar surface area (TPSA) is 104 Å². The highest BCUT2D eigenvalue weighted by Crippen LogP contribution is 2.16. The fourth-order valence-corrected chi connectivity index (χ4v) is 1.13. The number of nitro benzene ring substituents is 1. The van der Waals surface area contributed by atoms with Crippen LogP contribution >= 0.6 is 0 Å². The lowest BCUT2D eigenvalue weighted by atomic mass is 10.3. The van der Waals surface area contributed by atoms with Crippen LogP contribution in [-0.4, -0.2) is 28.7 Å². The van der Waals surface area contributed by atoms with Crippen molar-refractivity contribution in [2.45, 2.75) is 13.0 Å². The van der Waals surface area contributed by atoms with Gasteiger partial charge in [0.15, 0.2) is 0 Å². The van der Waals surface area contributed by atoms with Crippen LogP contribution in [0.2, 0.25) is 0 Å². The zero-order chi connectivity index (χ0) is 12.8. The van der Waals surface area contributed by atoms with Gasteiger partial charge in [-0.25, -0.2) is 4.79 Å². The average molecular weight is 239 g/mol. The number of aliphatic hydroxyl groups is 1. The van der Waals surface area contributed by atoms with E-state index in [9.17, 15) is 14.9 Å². The van der Waals surface area contributed by atoms with Gasteiger partial charge < -0.3 is 15.7 Å². The van der Waals surface area contributed by atoms with Crippen molar-refractivity contribution in [3.63, 3.8) is 0 Å². The second-order valence-corrected chi connectivity index (χ2v) is 3.49. The first-order chi connectivity index (χ1) is 8.02. The summed E-state index contributed by atoms with van der Waals surface area (Å²) in [5.74, 6) is 0. The number of amides is 2. The third kappa shape index (κ3) is 4.07. The molecule has 7 heteroatoms. The van der Waals surface area contributed by atoms with Gasteiger partial charge in [0, 0.05) is 17.8 Å². The Hall–Kier alpha value is -2.15. The molecule has 0 spiro atoms. The Kier molecular flexibility index (Phi) is 4.41. The molecular formula is C10H13N3O4. The van der Waals surface area contributed by atoms with Gasteiger partial charge in [0.05, 0.1) is 17.6 Å². The van der Waals surface area contributed by atoms with Gasteiger partial charge >= 0.3 is 6.03 Å². The van der Waals surface area contributed by atoms with Crippen LogP contribution in [-0.2, 0) is 0 Å². The molecule has 0 radical (unpaired) electrons. The van der Waals surface area contributed by atoms with E-state index in [1.54, 1.807) is 6.92 Å². The van der Waals surface area contributed by atoms with Gasteiger partial charge in [0.2, 0.25) is 0 Å². The van der Waals surface area contributed by atoms with Crippen LogP contribution in [0.5, 0.6) is 0 Å². The number of nitro groups is 1. The van der Waals surface area contributed by atoms with Crippen LogP contribution in [0.3, 0.4) is 0 Å². The highest BCUT2D eigenvalue weighted by molar-refractivity contribution is 5.89. The zero-order valence-electron chi connectivity index (χ0n) is 9.21. The first-order valence-corrected chi connectivity index (χ1v) is 4.95. The monoisotopic (exact) mass is 239 g/mol. The third-order valence-electron chi connectivity index (χ3n) is 1.97. The molecular weight excluding hydrogens is 226 g/mol. The van der Waals surface area contributed by atoms with Gasteiger partial charge in [-0.2, -0.15) is 0 Å². The molecule has 0 saturated heterocycles. The van der Waals surface area contributed by atoms with Crippen molar-refractivity contribution in [3.05, 3.63) is 34.4 Å². The minimum atomic E-state index is -0.542. The number of rotatable bonds is 4. The number of non-ortho nitro benzene ring substituents is 1. The molecule has 1 rings (SSSR count). The summed E-state index contributed by atoms with van der Waals surface area (Å²) in [4.78, 5) is 21.3. The number of hydrogen-bond donors (Lipinski definition) is 3. The first-order valence-electron chi connectivity index (χ1n) is 4.95. The summed E-state index contributed by atoms with van der Waals surface area (Å²) in [5.41, 5.74) is 0.222. The van der Waals surface area contributed by atoms with Gasteiger partial charge in [-0.3, -0.25) is 10.1 Å². The Bertz CT molecular complexity index is 422. The lowest BCUT2D eigenvalue weighted by Gasteiger charge is -2.11. The average Bonchev–Trinajstić information content (AvgIpc) is 2.28. The predicted molar refractivity (Wildman–Crippen MR) is 61.8 cm³/mol. The molecule has 3 N–H and O–H groups in total. The van der Waals surface area contributed by atoms with E-state index in [1.807, 2.05) is 0 Å². The fraction of sp³-hybridized carbons (Fsp3) is 0.300. The molecule has 1 atom stereocenters. The number of aliphatic hydroxyl groups excluding tert-OH is 1. The van der Waals surface area contributed by atoms with E-state index in [-0.39, 0.29) is 18.3 Å². The van der Waals surface area contributed by atoms with E-state index in [2.05, 4.69) is 10.6 Å². The third-order valence-corrected chi connectivity index (χ3v) is 1.97. The number of hydrogen-bond acceptors (Lipinski definition) is 4. The number of carbonyl (C=O) groups is 1. The highest BCUT2D eigenvalue weighted by atomic mass is 16.6. The molecule has 17 heavy (non-hydrogen) atoms. The van der Waals surface area contributed by atoms with Gasteiger partial charge in [-0.1, -0.05) is 6.07 Å². The molecule has 0 aliphatic carbocycles. The van der Waals surface area contributed by atoms with E-state index in [0.717, 1.165) is 0 Å². The number of anilines is 1. The van der Waals surface area contributed by atoms with Crippen molar-refractivity contribution >= 4 is 17.4 Å². The molecule has 92 valence electrons. The van der Waals surface area contributed by atoms with E-state index < -0.39 is 11.0 Å². The Balaban J connectivity index is 2.65. The quantitative estimate of drug-likeness (QED) is 0.540. The molecule has 0 bridgehead atoms. The summed E-state index contributed by atoms with van der Waals surface area (Å²) >= 11 is 0. The van der Waals surface area contributed by atoms with E-state index in [0.29, 0.717) is 5.69 Å². The Morgan fingerprint density at radius 1 is 1.59 bits per heavy atom. The molecule has 1 aromatic carbocycles. The summed E-state index contributed by atoms with van der Waals surface area (Å²) in [6.07, 6.45) is 0. The molecule has 1 aromatic rings. The van der Waals surface area contributed by atoms with E-state index in [1.165, 1.54) is 24.3 Å². The maximum atomic E-state index is 11.4. The SMILES string of the molecule is CC(CO)NC(=O)Nc1cccc([N+](=O)[O-])c1. The van der Waals surface area contributed by atoms with Gasteiger partial charge in [0.1, 0.15) is 0 Å². The van der Waals surface area contributed by atoms with Crippen molar-refractivity contribution in [3.8, 4) is 0 Å². The van der Waals surface area contributed by atoms with Crippen LogP contribution in [0.25, 0.3) is 0 Å². The second kappa shape index (κ2) is 5.80. The van der Waals surface area contributed by atoms with Crippen LogP contribution in [0.4, 0.5) is 16.2 Å². The number of carbonyl (C=O) groups excluding carboxylic acids is 1. The van der Waals surface area contributed by atoms with Crippen molar-refractivity contribution in [2.24, 2.45) is 0 Å². The number of nitrogens with zero attached hydrogens (tertiary/aromatic N) is 1. The van der Waals surface area contributed by atoms with Gasteiger partial charge in [-0.15, -0.1) is 0 Å². The van der Waals surface area contributed by atoms with Crippen LogP contribution in [0.1, 0.15) is 6.92 Å². The van der Waals surface area contributed by atoms with Crippen LogP contribution in [0, 0.1) is 10.1 Å². The number of urea groups is 1. The maximum absolute atomic E-state index is 11.4. The fourth-order valence-electron chi connectivity index (χ4n) is 1.13. The van der Waals surface area contributed by atoms with Crippen molar-refractivity contribution < 1.29 is 14.8 Å². The van der Waals surface area contributed by atoms with Crippen LogP contribution in [0.15, 0.2) is 24.3 Å². The standard InChI is InChI=1S/C10H13N3O4/c1-7(6-14)11-10(15)12-8-3-2-4-9(5-8)13(16)17/h2-5,7,14H,6H2,1H3,(H2,11,12,15). The number of benzene rings is 1. The molecule has 0 saturated carbocycles. The Labute approximate surface area is 97.6 Å². The molecule has 0 aromatic heterocycles. The summed E-state index contributed by atoms with van der Waals surface area (Å²) in [5, 5.41) is 24.1. The van der Waals surface area contributed by atoms with Crippen molar-refractivity contribution in [1.82, 2.24) is 5.32 Å². The largest absolute Gasteiger partial charge is 0.394 e. The predicted octanol–water partition coefficient (Wildman–Crippen LogP) is 1.10. The molecule has 0 fully saturated rings. The second-order valence-electron chi connectivity index (χ2n) is 3.49. The number of nitrogens with one attached hydrogen (secondary N) is 2.